The van der Waals surface area contributed by atoms with E-state index in [1.54, 1.807) is 0 Å². The van der Waals surface area contributed by atoms with Crippen molar-refractivity contribution in [2.75, 3.05) is 0 Å². The van der Waals surface area contributed by atoms with Crippen LogP contribution in [0.1, 0.15) is 30.1 Å². The highest BCUT2D eigenvalue weighted by molar-refractivity contribution is 5.98. The molecule has 0 spiro atoms. The number of aldehydes is 1. The van der Waals surface area contributed by atoms with E-state index in [-0.39, 0.29) is 29.4 Å². The molecule has 0 bridgehead atoms. The molecule has 0 radical (unpaired) electrons. The highest BCUT2D eigenvalue weighted by atomic mass is 19.1. The van der Waals surface area contributed by atoms with Crippen molar-refractivity contribution in [3.05, 3.63) is 35.6 Å². The Morgan fingerprint density at radius 2 is 1.94 bits per heavy atom. The fraction of sp³-hybridized carbons (Fsp3) is 0.429. The molecule has 17 heavy (non-hydrogen) atoms. The lowest BCUT2D eigenvalue weighted by atomic mass is 9.86. The van der Waals surface area contributed by atoms with E-state index >= 15 is 0 Å². The lowest BCUT2D eigenvalue weighted by Crippen LogP contribution is -2.20. The van der Waals surface area contributed by atoms with E-state index < -0.39 is 0 Å². The molecule has 0 amide bonds. The quantitative estimate of drug-likeness (QED) is 0.595. The van der Waals surface area contributed by atoms with Crippen molar-refractivity contribution in [1.29, 1.82) is 0 Å². The van der Waals surface area contributed by atoms with Crippen molar-refractivity contribution in [3.63, 3.8) is 0 Å². The molecule has 0 aliphatic heterocycles. The van der Waals surface area contributed by atoms with Crippen LogP contribution >= 0.6 is 0 Å². The van der Waals surface area contributed by atoms with Crippen molar-refractivity contribution >= 4 is 12.1 Å². The van der Waals surface area contributed by atoms with E-state index in [1.807, 2.05) is 6.92 Å². The SMILES string of the molecule is C[C@@H]1[C@@H](C=O)CC[C@H]1C(=O)c1ccc(F)cc1. The molecule has 1 aliphatic rings. The van der Waals surface area contributed by atoms with E-state index in [0.29, 0.717) is 5.56 Å². The fourth-order valence-corrected chi connectivity index (χ4v) is 2.59. The maximum Gasteiger partial charge on any atom is 0.166 e. The summed E-state index contributed by atoms with van der Waals surface area (Å²) in [4.78, 5) is 23.0. The van der Waals surface area contributed by atoms with Crippen LogP contribution in [-0.2, 0) is 4.79 Å². The van der Waals surface area contributed by atoms with Gasteiger partial charge in [0.2, 0.25) is 0 Å². The van der Waals surface area contributed by atoms with Gasteiger partial charge >= 0.3 is 0 Å². The van der Waals surface area contributed by atoms with Gasteiger partial charge in [0.1, 0.15) is 12.1 Å². The summed E-state index contributed by atoms with van der Waals surface area (Å²) in [5, 5.41) is 0. The number of halogens is 1. The van der Waals surface area contributed by atoms with E-state index in [2.05, 4.69) is 0 Å². The zero-order valence-corrected chi connectivity index (χ0v) is 9.73. The summed E-state index contributed by atoms with van der Waals surface area (Å²) in [6, 6.07) is 5.62. The molecule has 2 rings (SSSR count). The molecule has 1 fully saturated rings. The van der Waals surface area contributed by atoms with Crippen molar-refractivity contribution in [2.24, 2.45) is 17.8 Å². The Balaban J connectivity index is 2.16. The third-order valence-electron chi connectivity index (χ3n) is 3.76. The van der Waals surface area contributed by atoms with E-state index in [4.69, 9.17) is 0 Å². The predicted octanol–water partition coefficient (Wildman–Crippen LogP) is 2.87. The van der Waals surface area contributed by atoms with Crippen molar-refractivity contribution in [1.82, 2.24) is 0 Å². The van der Waals surface area contributed by atoms with Crippen molar-refractivity contribution in [3.8, 4) is 0 Å². The zero-order valence-electron chi connectivity index (χ0n) is 9.73. The second-order valence-electron chi connectivity index (χ2n) is 4.71. The van der Waals surface area contributed by atoms with E-state index in [9.17, 15) is 14.0 Å². The number of ketones is 1. The van der Waals surface area contributed by atoms with Crippen LogP contribution in [0.4, 0.5) is 4.39 Å². The molecule has 1 aromatic carbocycles. The van der Waals surface area contributed by atoms with Gasteiger partial charge in [0, 0.05) is 17.4 Å². The summed E-state index contributed by atoms with van der Waals surface area (Å²) in [6.07, 6.45) is 2.48. The Labute approximate surface area is 99.8 Å². The number of carbonyl (C=O) groups is 2. The smallest absolute Gasteiger partial charge is 0.166 e. The van der Waals surface area contributed by atoms with Crippen LogP contribution in [0, 0.1) is 23.6 Å². The Kier molecular flexibility index (Phi) is 3.36. The average molecular weight is 234 g/mol. The minimum atomic E-state index is -0.341. The topological polar surface area (TPSA) is 34.1 Å². The summed E-state index contributed by atoms with van der Waals surface area (Å²) in [7, 11) is 0. The number of Topliss-reactive ketones (excluding diaryl/α,β-unsaturated/α-hetero) is 1. The highest BCUT2D eigenvalue weighted by Crippen LogP contribution is 2.37. The van der Waals surface area contributed by atoms with Crippen LogP contribution in [0.3, 0.4) is 0 Å². The predicted molar refractivity (Wildman–Crippen MR) is 62.2 cm³/mol. The molecule has 0 unspecified atom stereocenters. The third kappa shape index (κ3) is 2.28. The Morgan fingerprint density at radius 1 is 1.29 bits per heavy atom. The first-order valence-corrected chi connectivity index (χ1v) is 5.88. The molecule has 2 nitrogen and oxygen atoms in total. The van der Waals surface area contributed by atoms with Crippen LogP contribution in [0.2, 0.25) is 0 Å². The first kappa shape index (κ1) is 12.0. The van der Waals surface area contributed by atoms with E-state index in [1.165, 1.54) is 24.3 Å². The van der Waals surface area contributed by atoms with Crippen LogP contribution in [0.25, 0.3) is 0 Å². The number of rotatable bonds is 3. The van der Waals surface area contributed by atoms with Crippen LogP contribution in [-0.4, -0.2) is 12.1 Å². The van der Waals surface area contributed by atoms with Gasteiger partial charge in [0.05, 0.1) is 0 Å². The maximum absolute atomic E-state index is 12.8. The molecule has 0 N–H and O–H groups in total. The molecule has 0 saturated heterocycles. The molecule has 0 aromatic heterocycles. The minimum Gasteiger partial charge on any atom is -0.303 e. The van der Waals surface area contributed by atoms with Gasteiger partial charge in [-0.05, 0) is 43.0 Å². The summed E-state index contributed by atoms with van der Waals surface area (Å²) < 4.78 is 12.8. The van der Waals surface area contributed by atoms with Gasteiger partial charge in [-0.1, -0.05) is 6.92 Å². The third-order valence-corrected chi connectivity index (χ3v) is 3.76. The molecular weight excluding hydrogens is 219 g/mol. The first-order valence-electron chi connectivity index (χ1n) is 5.88. The number of hydrogen-bond donors (Lipinski definition) is 0. The fourth-order valence-electron chi connectivity index (χ4n) is 2.59. The van der Waals surface area contributed by atoms with Gasteiger partial charge in [0.25, 0.3) is 0 Å². The first-order chi connectivity index (χ1) is 8.13. The normalized spacial score (nSPS) is 28.0. The van der Waals surface area contributed by atoms with Gasteiger partial charge in [-0.3, -0.25) is 4.79 Å². The van der Waals surface area contributed by atoms with Crippen LogP contribution < -0.4 is 0 Å². The minimum absolute atomic E-state index is 0.00982. The van der Waals surface area contributed by atoms with Crippen molar-refractivity contribution < 1.29 is 14.0 Å². The number of hydrogen-bond acceptors (Lipinski definition) is 2. The molecular formula is C14H15FO2. The average Bonchev–Trinajstić information content (AvgIpc) is 2.70. The van der Waals surface area contributed by atoms with E-state index in [0.717, 1.165) is 19.1 Å². The lowest BCUT2D eigenvalue weighted by Gasteiger charge is -2.16. The van der Waals surface area contributed by atoms with Gasteiger partial charge in [-0.2, -0.15) is 0 Å². The van der Waals surface area contributed by atoms with Gasteiger partial charge < -0.3 is 4.79 Å². The van der Waals surface area contributed by atoms with Gasteiger partial charge in [-0.15, -0.1) is 0 Å². The molecule has 90 valence electrons. The van der Waals surface area contributed by atoms with Crippen LogP contribution in [0.5, 0.6) is 0 Å². The van der Waals surface area contributed by atoms with Crippen molar-refractivity contribution in [2.45, 2.75) is 19.8 Å². The molecule has 3 atom stereocenters. The highest BCUT2D eigenvalue weighted by Gasteiger charge is 2.37. The van der Waals surface area contributed by atoms with Gasteiger partial charge in [0.15, 0.2) is 5.78 Å². The lowest BCUT2D eigenvalue weighted by molar-refractivity contribution is -0.111. The van der Waals surface area contributed by atoms with Crippen LogP contribution in [0.15, 0.2) is 24.3 Å². The second kappa shape index (κ2) is 4.78. The maximum atomic E-state index is 12.8. The molecule has 3 heteroatoms. The standard InChI is InChI=1S/C14H15FO2/c1-9-11(8-16)4-7-13(9)14(17)10-2-5-12(15)6-3-10/h2-3,5-6,8-9,11,13H,4,7H2,1H3/t9-,11-,13-/m1/s1. The number of carbonyl (C=O) groups excluding carboxylic acids is 2. The Morgan fingerprint density at radius 3 is 2.47 bits per heavy atom. The Bertz CT molecular complexity index is 424. The summed E-state index contributed by atoms with van der Waals surface area (Å²) >= 11 is 0. The number of benzene rings is 1. The summed E-state index contributed by atoms with van der Waals surface area (Å²) in [6.45, 7) is 1.94. The zero-order chi connectivity index (χ0) is 12.4. The molecule has 1 saturated carbocycles. The molecule has 1 aromatic rings. The summed E-state index contributed by atoms with van der Waals surface area (Å²) in [5.41, 5.74) is 0.537. The second-order valence-corrected chi connectivity index (χ2v) is 4.71. The Hall–Kier alpha value is -1.51. The summed E-state index contributed by atoms with van der Waals surface area (Å²) in [5.74, 6) is -0.334. The molecule has 1 aliphatic carbocycles. The largest absolute Gasteiger partial charge is 0.303 e. The molecule has 0 heterocycles. The van der Waals surface area contributed by atoms with Gasteiger partial charge in [-0.25, -0.2) is 4.39 Å². The monoisotopic (exact) mass is 234 g/mol.